The van der Waals surface area contributed by atoms with E-state index in [1.807, 2.05) is 34.0 Å². The molecule has 3 N–H and O–H groups in total. The van der Waals surface area contributed by atoms with Crippen LogP contribution in [-0.4, -0.2) is 38.1 Å². The number of amides is 1. The number of aromatic hydroxyl groups is 2. The first-order valence-corrected chi connectivity index (χ1v) is 11.2. The Morgan fingerprint density at radius 1 is 1.12 bits per heavy atom. The maximum Gasteiger partial charge on any atom is 0.310 e. The molecule has 0 radical (unpaired) electrons. The molecular weight excluding hydrogens is 498 g/mol. The van der Waals surface area contributed by atoms with E-state index in [4.69, 9.17) is 4.74 Å². The number of rotatable bonds is 7. The molecule has 32 heavy (non-hydrogen) atoms. The maximum absolute atomic E-state index is 12.2. The van der Waals surface area contributed by atoms with Crippen molar-refractivity contribution in [2.45, 2.75) is 13.0 Å². The number of benzene rings is 2. The number of nitrogens with one attached hydrogen (secondary N) is 1. The molecule has 0 unspecified atom stereocenters. The number of ether oxygens (including phenoxy) is 1. The number of thiazole rings is 1. The molecule has 164 valence electrons. The highest BCUT2D eigenvalue weighted by molar-refractivity contribution is 9.10. The number of carbonyl (C=O) groups excluding carboxylic acids is 2. The summed E-state index contributed by atoms with van der Waals surface area (Å²) in [7, 11) is 0. The molecule has 2 heterocycles. The first-order chi connectivity index (χ1) is 15.4. The van der Waals surface area contributed by atoms with Crippen LogP contribution in [0.2, 0.25) is 0 Å². The van der Waals surface area contributed by atoms with E-state index in [9.17, 15) is 19.8 Å². The van der Waals surface area contributed by atoms with Crippen molar-refractivity contribution >= 4 is 44.1 Å². The highest BCUT2D eigenvalue weighted by Gasteiger charge is 2.14. The van der Waals surface area contributed by atoms with E-state index in [0.717, 1.165) is 26.4 Å². The van der Waals surface area contributed by atoms with Gasteiger partial charge in [0.2, 0.25) is 0 Å². The minimum atomic E-state index is -0.618. The fourth-order valence-corrected chi connectivity index (χ4v) is 4.25. The lowest BCUT2D eigenvalue weighted by atomic mass is 10.1. The van der Waals surface area contributed by atoms with Crippen LogP contribution in [0.5, 0.6) is 11.5 Å². The maximum atomic E-state index is 12.2. The second kappa shape index (κ2) is 9.41. The van der Waals surface area contributed by atoms with Crippen LogP contribution in [0.1, 0.15) is 11.3 Å². The largest absolute Gasteiger partial charge is 0.504 e. The van der Waals surface area contributed by atoms with E-state index in [0.29, 0.717) is 5.56 Å². The van der Waals surface area contributed by atoms with Gasteiger partial charge in [-0.1, -0.05) is 34.1 Å². The van der Waals surface area contributed by atoms with Crippen molar-refractivity contribution in [2.75, 3.05) is 6.61 Å². The van der Waals surface area contributed by atoms with Crippen molar-refractivity contribution in [2.24, 2.45) is 0 Å². The summed E-state index contributed by atoms with van der Waals surface area (Å²) in [6.07, 6.45) is 1.58. The number of hydrogen-bond donors (Lipinski definition) is 3. The van der Waals surface area contributed by atoms with Gasteiger partial charge in [0.1, 0.15) is 0 Å². The molecular formula is C22H18BrN3O5S. The van der Waals surface area contributed by atoms with E-state index in [-0.39, 0.29) is 24.5 Å². The molecule has 0 aliphatic heterocycles. The number of halogens is 1. The lowest BCUT2D eigenvalue weighted by molar-refractivity contribution is -0.147. The fraction of sp³-hybridized carbons (Fsp3) is 0.136. The van der Waals surface area contributed by atoms with Crippen molar-refractivity contribution in [1.29, 1.82) is 0 Å². The Hall–Kier alpha value is -3.37. The summed E-state index contributed by atoms with van der Waals surface area (Å²) in [4.78, 5) is 29.3. The zero-order valence-electron chi connectivity index (χ0n) is 16.6. The lowest BCUT2D eigenvalue weighted by Gasteiger charge is -2.08. The molecule has 0 spiro atoms. The normalized spacial score (nSPS) is 10.9. The predicted octanol–water partition coefficient (Wildman–Crippen LogP) is 3.64. The Kier molecular flexibility index (Phi) is 6.42. The SMILES string of the molecule is O=C(COC(=O)Cc1ccc(O)c(O)c1)NCc1cnc2scc(-c3ccc(Br)cc3)n12. The molecule has 0 fully saturated rings. The van der Waals surface area contributed by atoms with Crippen molar-refractivity contribution in [3.8, 4) is 22.8 Å². The van der Waals surface area contributed by atoms with Gasteiger partial charge in [-0.3, -0.25) is 14.0 Å². The van der Waals surface area contributed by atoms with Crippen LogP contribution in [0.3, 0.4) is 0 Å². The summed E-state index contributed by atoms with van der Waals surface area (Å²) in [6.45, 7) is -0.197. The van der Waals surface area contributed by atoms with Gasteiger partial charge < -0.3 is 20.3 Å². The molecule has 10 heteroatoms. The smallest absolute Gasteiger partial charge is 0.310 e. The van der Waals surface area contributed by atoms with Crippen LogP contribution in [0.25, 0.3) is 16.2 Å². The fourth-order valence-electron chi connectivity index (χ4n) is 3.10. The van der Waals surface area contributed by atoms with Crippen LogP contribution < -0.4 is 5.32 Å². The average Bonchev–Trinajstić information content (AvgIpc) is 3.37. The van der Waals surface area contributed by atoms with E-state index in [2.05, 4.69) is 26.2 Å². The van der Waals surface area contributed by atoms with Gasteiger partial charge in [-0.25, -0.2) is 4.98 Å². The Bertz CT molecular complexity index is 1280. The topological polar surface area (TPSA) is 113 Å². The second-order valence-electron chi connectivity index (χ2n) is 6.93. The molecule has 2 aromatic carbocycles. The summed E-state index contributed by atoms with van der Waals surface area (Å²) in [5, 5.41) is 23.5. The van der Waals surface area contributed by atoms with Crippen LogP contribution in [0.4, 0.5) is 0 Å². The third-order valence-electron chi connectivity index (χ3n) is 4.68. The molecule has 8 nitrogen and oxygen atoms in total. The zero-order valence-corrected chi connectivity index (χ0v) is 19.0. The molecule has 0 bridgehead atoms. The quantitative estimate of drug-likeness (QED) is 0.256. The number of hydrogen-bond acceptors (Lipinski definition) is 7. The molecule has 4 rings (SSSR count). The van der Waals surface area contributed by atoms with E-state index < -0.39 is 18.5 Å². The van der Waals surface area contributed by atoms with Gasteiger partial charge >= 0.3 is 5.97 Å². The monoisotopic (exact) mass is 515 g/mol. The minimum Gasteiger partial charge on any atom is -0.504 e. The van der Waals surface area contributed by atoms with Gasteiger partial charge in [0.15, 0.2) is 23.1 Å². The van der Waals surface area contributed by atoms with Crippen molar-refractivity contribution in [3.05, 3.63) is 69.8 Å². The van der Waals surface area contributed by atoms with E-state index >= 15 is 0 Å². The minimum absolute atomic E-state index is 0.129. The first-order valence-electron chi connectivity index (χ1n) is 9.53. The Balaban J connectivity index is 1.34. The van der Waals surface area contributed by atoms with Crippen molar-refractivity contribution in [3.63, 3.8) is 0 Å². The molecule has 2 aromatic heterocycles. The van der Waals surface area contributed by atoms with Crippen LogP contribution in [0, 0.1) is 0 Å². The van der Waals surface area contributed by atoms with Crippen LogP contribution in [-0.2, 0) is 27.3 Å². The number of esters is 1. The number of carbonyl (C=O) groups is 2. The van der Waals surface area contributed by atoms with Gasteiger partial charge in [0.05, 0.1) is 30.6 Å². The number of nitrogens with zero attached hydrogens (tertiary/aromatic N) is 2. The number of phenols is 2. The van der Waals surface area contributed by atoms with Crippen molar-refractivity contribution < 1.29 is 24.5 Å². The summed E-state index contributed by atoms with van der Waals surface area (Å²) in [5.74, 6) is -1.66. The molecule has 0 saturated carbocycles. The standard InChI is InChI=1S/C22H18BrN3O5S/c23-15-4-2-14(3-5-15)17-12-32-22-25-10-16(26(17)22)9-24-20(29)11-31-21(30)8-13-1-6-18(27)19(28)7-13/h1-7,10,12,27-28H,8-9,11H2,(H,24,29). The molecule has 0 saturated heterocycles. The summed E-state index contributed by atoms with van der Waals surface area (Å²) in [5.41, 5.74) is 3.27. The van der Waals surface area contributed by atoms with E-state index in [1.54, 1.807) is 6.20 Å². The lowest BCUT2D eigenvalue weighted by Crippen LogP contribution is -2.29. The highest BCUT2D eigenvalue weighted by Crippen LogP contribution is 2.28. The van der Waals surface area contributed by atoms with Crippen LogP contribution in [0.15, 0.2) is 58.5 Å². The van der Waals surface area contributed by atoms with Crippen LogP contribution >= 0.6 is 27.3 Å². The third kappa shape index (κ3) is 4.92. The Morgan fingerprint density at radius 2 is 1.91 bits per heavy atom. The second-order valence-corrected chi connectivity index (χ2v) is 8.68. The average molecular weight is 516 g/mol. The molecule has 0 atom stereocenters. The van der Waals surface area contributed by atoms with Gasteiger partial charge in [0, 0.05) is 9.85 Å². The molecule has 0 aliphatic rings. The van der Waals surface area contributed by atoms with Gasteiger partial charge in [-0.05, 0) is 35.4 Å². The highest BCUT2D eigenvalue weighted by atomic mass is 79.9. The molecule has 1 amide bonds. The van der Waals surface area contributed by atoms with Crippen molar-refractivity contribution in [1.82, 2.24) is 14.7 Å². The summed E-state index contributed by atoms with van der Waals surface area (Å²) < 4.78 is 7.98. The molecule has 4 aromatic rings. The van der Waals surface area contributed by atoms with Gasteiger partial charge in [0.25, 0.3) is 5.91 Å². The Morgan fingerprint density at radius 3 is 2.66 bits per heavy atom. The summed E-state index contributed by atoms with van der Waals surface area (Å²) >= 11 is 4.94. The van der Waals surface area contributed by atoms with Gasteiger partial charge in [-0.15, -0.1) is 11.3 Å². The first kappa shape index (κ1) is 21.8. The zero-order chi connectivity index (χ0) is 22.7. The van der Waals surface area contributed by atoms with Gasteiger partial charge in [-0.2, -0.15) is 0 Å². The van der Waals surface area contributed by atoms with E-state index in [1.165, 1.54) is 29.5 Å². The number of imidazole rings is 1. The molecule has 0 aliphatic carbocycles. The summed E-state index contributed by atoms with van der Waals surface area (Å²) in [6, 6.07) is 12.0. The predicted molar refractivity (Wildman–Crippen MR) is 122 cm³/mol. The third-order valence-corrected chi connectivity index (χ3v) is 6.05. The number of aromatic nitrogens is 2. The number of phenolic OH excluding ortho intramolecular Hbond substituents is 2. The Labute approximate surface area is 195 Å². The number of fused-ring (bicyclic) bond motifs is 1.